The van der Waals surface area contributed by atoms with Crippen LogP contribution in [0.15, 0.2) is 35.6 Å². The summed E-state index contributed by atoms with van der Waals surface area (Å²) in [6, 6.07) is 8.60. The van der Waals surface area contributed by atoms with Crippen LogP contribution in [0.4, 0.5) is 11.5 Å². The summed E-state index contributed by atoms with van der Waals surface area (Å²) >= 11 is 0. The molecule has 0 saturated heterocycles. The summed E-state index contributed by atoms with van der Waals surface area (Å²) < 4.78 is 19.0. The van der Waals surface area contributed by atoms with Gasteiger partial charge in [-0.05, 0) is 69.8 Å². The Labute approximate surface area is 201 Å². The maximum absolute atomic E-state index is 12.9. The largest absolute Gasteiger partial charge is 0.463 e. The summed E-state index contributed by atoms with van der Waals surface area (Å²) in [6.07, 6.45) is 10.2. The van der Waals surface area contributed by atoms with Gasteiger partial charge in [0.2, 0.25) is 13.2 Å². The first-order valence-corrected chi connectivity index (χ1v) is 14.4. The summed E-state index contributed by atoms with van der Waals surface area (Å²) in [4.78, 5) is 23.6. The Morgan fingerprint density at radius 2 is 1.74 bits per heavy atom. The van der Waals surface area contributed by atoms with E-state index < -0.39 is 13.0 Å². The lowest BCUT2D eigenvalue weighted by molar-refractivity contribution is 0.171. The van der Waals surface area contributed by atoms with Gasteiger partial charge >= 0.3 is 0 Å². The van der Waals surface area contributed by atoms with Crippen molar-refractivity contribution in [1.82, 2.24) is 9.97 Å². The number of ether oxygens (including phenoxy) is 1. The third kappa shape index (κ3) is 4.65. The minimum Gasteiger partial charge on any atom is -0.463 e. The summed E-state index contributed by atoms with van der Waals surface area (Å²) in [5.41, 5.74) is 9.04. The lowest BCUT2D eigenvalue weighted by Gasteiger charge is -2.33. The molecule has 182 valence electrons. The molecule has 7 nitrogen and oxygen atoms in total. The van der Waals surface area contributed by atoms with Crippen LogP contribution >= 0.6 is 7.37 Å². The number of nitrogen functional groups attached to an aromatic ring is 1. The summed E-state index contributed by atoms with van der Waals surface area (Å²) in [6.45, 7) is 3.96. The monoisotopic (exact) mass is 482 g/mol. The summed E-state index contributed by atoms with van der Waals surface area (Å²) in [5.74, 6) is 1.60. The van der Waals surface area contributed by atoms with E-state index in [9.17, 15) is 9.46 Å². The zero-order valence-corrected chi connectivity index (χ0v) is 21.0. The van der Waals surface area contributed by atoms with Gasteiger partial charge in [-0.2, -0.15) is 4.98 Å². The lowest BCUT2D eigenvalue weighted by atomic mass is 9.79. The van der Waals surface area contributed by atoms with Crippen molar-refractivity contribution in [3.8, 4) is 5.88 Å². The first kappa shape index (κ1) is 23.5. The molecule has 1 atom stereocenters. The molecule has 2 aromatic rings. The van der Waals surface area contributed by atoms with E-state index in [-0.39, 0.29) is 5.66 Å². The fraction of sp³-hybridized carbons (Fsp3) is 0.577. The van der Waals surface area contributed by atoms with Gasteiger partial charge in [0.15, 0.2) is 11.5 Å². The van der Waals surface area contributed by atoms with Crippen molar-refractivity contribution in [2.24, 2.45) is 10.9 Å². The molecule has 0 amide bonds. The molecule has 2 saturated carbocycles. The van der Waals surface area contributed by atoms with Gasteiger partial charge in [-0.25, -0.2) is 9.98 Å². The molecule has 2 fully saturated rings. The highest BCUT2D eigenvalue weighted by atomic mass is 31.2. The van der Waals surface area contributed by atoms with E-state index in [4.69, 9.17) is 15.5 Å². The number of fused-ring (bicyclic) bond motifs is 1. The van der Waals surface area contributed by atoms with Gasteiger partial charge in [-0.15, -0.1) is 0 Å². The minimum atomic E-state index is -3.00. The molecule has 0 radical (unpaired) electrons. The first-order chi connectivity index (χ1) is 16.2. The highest BCUT2D eigenvalue weighted by Gasteiger charge is 2.37. The lowest BCUT2D eigenvalue weighted by Crippen LogP contribution is -2.41. The Hall–Kier alpha value is -2.24. The van der Waals surface area contributed by atoms with Crippen molar-refractivity contribution in [1.29, 1.82) is 0 Å². The van der Waals surface area contributed by atoms with Crippen LogP contribution in [0.2, 0.25) is 0 Å². The smallest absolute Gasteiger partial charge is 0.246 e. The average molecular weight is 483 g/mol. The number of anilines is 1. The molecule has 3 N–H and O–H groups in total. The van der Waals surface area contributed by atoms with Crippen molar-refractivity contribution in [2.45, 2.75) is 82.4 Å². The van der Waals surface area contributed by atoms with E-state index >= 15 is 0 Å². The van der Waals surface area contributed by atoms with Crippen LogP contribution in [0.25, 0.3) is 0 Å². The van der Waals surface area contributed by atoms with Gasteiger partial charge < -0.3 is 15.4 Å². The Bertz CT molecular complexity index is 1120. The minimum absolute atomic E-state index is 0.0579. The number of hydrogen-bond acceptors (Lipinski definition) is 6. The van der Waals surface area contributed by atoms with Crippen molar-refractivity contribution in [2.75, 3.05) is 11.9 Å². The first-order valence-electron chi connectivity index (χ1n) is 12.5. The molecule has 0 spiro atoms. The van der Waals surface area contributed by atoms with Crippen molar-refractivity contribution in [3.05, 3.63) is 41.7 Å². The Kier molecular flexibility index (Phi) is 6.28. The quantitative estimate of drug-likeness (QED) is 0.518. The third-order valence-corrected chi connectivity index (χ3v) is 10.6. The SMILES string of the molecule is CC1(C)Oc2ncnc(N)c2N=C1c1ccc([C@H]2CC[C@H](CP(=O)(O)C3CCCC3)CC2)cc1. The molecule has 1 aromatic heterocycles. The molecular weight excluding hydrogens is 447 g/mol. The second kappa shape index (κ2) is 9.09. The fourth-order valence-electron chi connectivity index (χ4n) is 5.92. The summed E-state index contributed by atoms with van der Waals surface area (Å²) in [5, 5.41) is 0. The van der Waals surface area contributed by atoms with Crippen molar-refractivity contribution < 1.29 is 14.2 Å². The molecule has 5 rings (SSSR count). The maximum atomic E-state index is 12.9. The van der Waals surface area contributed by atoms with Gasteiger partial charge in [-0.1, -0.05) is 37.1 Å². The van der Waals surface area contributed by atoms with Gasteiger partial charge in [0.05, 0.1) is 5.71 Å². The van der Waals surface area contributed by atoms with Crippen LogP contribution in [-0.2, 0) is 4.57 Å². The van der Waals surface area contributed by atoms with Crippen LogP contribution in [-0.4, -0.2) is 38.0 Å². The predicted octanol–water partition coefficient (Wildman–Crippen LogP) is 5.84. The van der Waals surface area contributed by atoms with Gasteiger partial charge in [0, 0.05) is 17.4 Å². The molecule has 34 heavy (non-hydrogen) atoms. The van der Waals surface area contributed by atoms with Gasteiger partial charge in [0.1, 0.15) is 11.9 Å². The van der Waals surface area contributed by atoms with Gasteiger partial charge in [-0.3, -0.25) is 4.57 Å². The topological polar surface area (TPSA) is 111 Å². The molecule has 2 aliphatic carbocycles. The number of rotatable bonds is 5. The molecule has 2 heterocycles. The van der Waals surface area contributed by atoms with E-state index in [1.54, 1.807) is 0 Å². The third-order valence-electron chi connectivity index (χ3n) is 7.88. The number of aromatic nitrogens is 2. The van der Waals surface area contributed by atoms with E-state index in [1.807, 2.05) is 13.8 Å². The van der Waals surface area contributed by atoms with E-state index in [0.29, 0.717) is 35.4 Å². The average Bonchev–Trinajstić information content (AvgIpc) is 3.35. The number of hydrogen-bond donors (Lipinski definition) is 2. The molecule has 3 aliphatic rings. The highest BCUT2D eigenvalue weighted by Crippen LogP contribution is 2.55. The number of nitrogens with zero attached hydrogens (tertiary/aromatic N) is 3. The number of aliphatic imine (C=N–C) groups is 1. The highest BCUT2D eigenvalue weighted by molar-refractivity contribution is 7.58. The second-order valence-electron chi connectivity index (χ2n) is 10.7. The summed E-state index contributed by atoms with van der Waals surface area (Å²) in [7, 11) is -3.00. The molecule has 1 aliphatic heterocycles. The normalized spacial score (nSPS) is 26.3. The van der Waals surface area contributed by atoms with Crippen LogP contribution in [0.1, 0.15) is 82.3 Å². The van der Waals surface area contributed by atoms with E-state index in [0.717, 1.165) is 62.6 Å². The van der Waals surface area contributed by atoms with Crippen molar-refractivity contribution in [3.63, 3.8) is 0 Å². The molecule has 0 bridgehead atoms. The zero-order chi connectivity index (χ0) is 23.9. The van der Waals surface area contributed by atoms with E-state index in [2.05, 4.69) is 34.2 Å². The molecule has 1 unspecified atom stereocenters. The standard InChI is InChI=1S/C26H35N4O3P/c1-26(2)23(30-22-24(27)28-16-29-25(22)33-26)20-13-11-19(12-14-20)18-9-7-17(8-10-18)15-34(31,32)21-5-3-4-6-21/h11-14,16-18,21H,3-10,15H2,1-2H3,(H,31,32)(H2,27,28,29)/t17-,18-. The fourth-order valence-corrected chi connectivity index (χ4v) is 8.50. The van der Waals surface area contributed by atoms with Crippen LogP contribution < -0.4 is 10.5 Å². The second-order valence-corrected chi connectivity index (χ2v) is 13.3. The molecule has 1 aromatic carbocycles. The Morgan fingerprint density at radius 1 is 1.06 bits per heavy atom. The van der Waals surface area contributed by atoms with Gasteiger partial charge in [0.25, 0.3) is 0 Å². The van der Waals surface area contributed by atoms with E-state index in [1.165, 1.54) is 11.9 Å². The maximum Gasteiger partial charge on any atom is 0.246 e. The molecular formula is C26H35N4O3P. The van der Waals surface area contributed by atoms with Crippen molar-refractivity contribution >= 4 is 24.6 Å². The number of nitrogens with two attached hydrogens (primary N) is 1. The zero-order valence-electron chi connectivity index (χ0n) is 20.1. The van der Waals surface area contributed by atoms with Crippen LogP contribution in [0, 0.1) is 5.92 Å². The predicted molar refractivity (Wildman–Crippen MR) is 135 cm³/mol. The Morgan fingerprint density at radius 3 is 2.41 bits per heavy atom. The number of benzene rings is 1. The van der Waals surface area contributed by atoms with Crippen LogP contribution in [0.3, 0.4) is 0 Å². The molecule has 8 heteroatoms. The Balaban J connectivity index is 1.25. The van der Waals surface area contributed by atoms with Crippen LogP contribution in [0.5, 0.6) is 5.88 Å².